The number of hydrogen-bond donors (Lipinski definition) is 3. The Morgan fingerprint density at radius 3 is 3.00 bits per heavy atom. The van der Waals surface area contributed by atoms with Crippen LogP contribution in [-0.2, 0) is 4.74 Å². The van der Waals surface area contributed by atoms with Gasteiger partial charge >= 0.3 is 0 Å². The van der Waals surface area contributed by atoms with Crippen molar-refractivity contribution in [2.24, 2.45) is 0 Å². The molecule has 2 aromatic heterocycles. The highest BCUT2D eigenvalue weighted by molar-refractivity contribution is 5.81. The van der Waals surface area contributed by atoms with Crippen molar-refractivity contribution in [3.05, 3.63) is 12.7 Å². The Kier molecular flexibility index (Phi) is 2.62. The van der Waals surface area contributed by atoms with Crippen molar-refractivity contribution in [2.45, 2.75) is 24.9 Å². The van der Waals surface area contributed by atoms with E-state index in [0.29, 0.717) is 23.4 Å². The molecule has 1 saturated heterocycles. The van der Waals surface area contributed by atoms with E-state index in [4.69, 9.17) is 15.6 Å². The molecule has 1 aliphatic rings. The summed E-state index contributed by atoms with van der Waals surface area (Å²) >= 11 is 0. The van der Waals surface area contributed by atoms with Crippen molar-refractivity contribution in [1.29, 1.82) is 0 Å². The molecule has 0 bridgehead atoms. The molecule has 1 fully saturated rings. The predicted octanol–water partition coefficient (Wildman–Crippen LogP) is -0.951. The van der Waals surface area contributed by atoms with E-state index < -0.39 is 18.4 Å². The number of ether oxygens (including phenoxy) is 1. The number of aromatic nitrogens is 4. The maximum absolute atomic E-state index is 9.71. The van der Waals surface area contributed by atoms with Gasteiger partial charge in [-0.2, -0.15) is 0 Å². The van der Waals surface area contributed by atoms with Crippen molar-refractivity contribution in [3.63, 3.8) is 0 Å². The van der Waals surface area contributed by atoms with Crippen molar-refractivity contribution in [3.8, 4) is 0 Å². The summed E-state index contributed by atoms with van der Waals surface area (Å²) in [5.74, 6) is 0.302. The first-order chi connectivity index (χ1) is 8.70. The molecule has 96 valence electrons. The Bertz CT molecular complexity index is 572. The molecule has 3 heterocycles. The van der Waals surface area contributed by atoms with Crippen LogP contribution in [0.2, 0.25) is 0 Å². The van der Waals surface area contributed by atoms with Gasteiger partial charge in [0.05, 0.1) is 19.0 Å². The summed E-state index contributed by atoms with van der Waals surface area (Å²) in [7, 11) is 0. The van der Waals surface area contributed by atoms with Crippen LogP contribution in [0, 0.1) is 0 Å². The molecule has 18 heavy (non-hydrogen) atoms. The summed E-state index contributed by atoms with van der Waals surface area (Å²) in [5, 5.41) is 18.8. The van der Waals surface area contributed by atoms with Gasteiger partial charge in [-0.25, -0.2) is 15.0 Å². The number of fused-ring (bicyclic) bond motifs is 1. The maximum Gasteiger partial charge on any atom is 0.167 e. The fraction of sp³-hybridized carbons (Fsp3) is 0.500. The third kappa shape index (κ3) is 1.62. The first-order valence-electron chi connectivity index (χ1n) is 5.58. The summed E-state index contributed by atoms with van der Waals surface area (Å²) in [6.45, 7) is -0.221. The molecule has 0 amide bonds. The Hall–Kier alpha value is -1.77. The summed E-state index contributed by atoms with van der Waals surface area (Å²) in [6.07, 6.45) is 1.60. The minimum atomic E-state index is -0.698. The second-order valence-corrected chi connectivity index (χ2v) is 4.20. The van der Waals surface area contributed by atoms with Crippen LogP contribution in [0.15, 0.2) is 12.7 Å². The van der Waals surface area contributed by atoms with E-state index in [1.54, 1.807) is 10.9 Å². The highest BCUT2D eigenvalue weighted by atomic mass is 16.5. The van der Waals surface area contributed by atoms with E-state index >= 15 is 0 Å². The molecular formula is C10H13N5O3. The van der Waals surface area contributed by atoms with E-state index in [0.717, 1.165) is 0 Å². The zero-order valence-electron chi connectivity index (χ0n) is 9.47. The van der Waals surface area contributed by atoms with Crippen LogP contribution in [-0.4, -0.2) is 48.5 Å². The zero-order valence-corrected chi connectivity index (χ0v) is 9.47. The third-order valence-corrected chi connectivity index (χ3v) is 3.08. The van der Waals surface area contributed by atoms with Gasteiger partial charge in [-0.15, -0.1) is 0 Å². The van der Waals surface area contributed by atoms with Crippen LogP contribution < -0.4 is 5.73 Å². The Labute approximate surface area is 102 Å². The number of nitrogens with two attached hydrogens (primary N) is 1. The van der Waals surface area contributed by atoms with Crippen LogP contribution in [0.25, 0.3) is 11.2 Å². The minimum absolute atomic E-state index is 0.221. The first kappa shape index (κ1) is 11.3. The second kappa shape index (κ2) is 4.16. The summed E-state index contributed by atoms with van der Waals surface area (Å²) in [5.41, 5.74) is 6.75. The largest absolute Gasteiger partial charge is 0.394 e. The van der Waals surface area contributed by atoms with Gasteiger partial charge in [0.1, 0.15) is 24.2 Å². The summed E-state index contributed by atoms with van der Waals surface area (Å²) in [4.78, 5) is 12.1. The number of nitrogens with zero attached hydrogens (tertiary/aromatic N) is 4. The molecule has 3 atom stereocenters. The molecule has 0 saturated carbocycles. The minimum Gasteiger partial charge on any atom is -0.394 e. The fourth-order valence-electron chi connectivity index (χ4n) is 2.13. The van der Waals surface area contributed by atoms with Gasteiger partial charge in [0.15, 0.2) is 11.5 Å². The Morgan fingerprint density at radius 1 is 1.44 bits per heavy atom. The molecule has 0 spiro atoms. The Morgan fingerprint density at radius 2 is 2.28 bits per heavy atom. The summed E-state index contributed by atoms with van der Waals surface area (Å²) in [6, 6.07) is 0. The van der Waals surface area contributed by atoms with Crippen LogP contribution >= 0.6 is 0 Å². The van der Waals surface area contributed by atoms with E-state index in [1.807, 2.05) is 0 Å². The van der Waals surface area contributed by atoms with Gasteiger partial charge in [0.2, 0.25) is 0 Å². The topological polar surface area (TPSA) is 119 Å². The van der Waals surface area contributed by atoms with Gasteiger partial charge < -0.3 is 20.7 Å². The molecule has 1 aliphatic heterocycles. The van der Waals surface area contributed by atoms with Gasteiger partial charge in [-0.1, -0.05) is 0 Å². The van der Waals surface area contributed by atoms with E-state index in [-0.39, 0.29) is 6.61 Å². The molecule has 8 nitrogen and oxygen atoms in total. The maximum atomic E-state index is 9.71. The standard InChI is InChI=1S/C10H13N5O3/c11-9-8-10(13-3-12-9)15(4-14-8)7-1-5(17)6(2-16)18-7/h3-7,16-17H,1-2H2,(H2,11,12,13)/t5-,6+,7?/m0/s1. The van der Waals surface area contributed by atoms with Crippen molar-refractivity contribution in [1.82, 2.24) is 19.5 Å². The third-order valence-electron chi connectivity index (χ3n) is 3.08. The van der Waals surface area contributed by atoms with Crippen molar-refractivity contribution in [2.75, 3.05) is 12.3 Å². The quantitative estimate of drug-likeness (QED) is 0.629. The zero-order chi connectivity index (χ0) is 12.7. The van der Waals surface area contributed by atoms with Crippen LogP contribution in [0.3, 0.4) is 0 Å². The van der Waals surface area contributed by atoms with Crippen LogP contribution in [0.1, 0.15) is 12.6 Å². The summed E-state index contributed by atoms with van der Waals surface area (Å²) < 4.78 is 7.22. The molecular weight excluding hydrogens is 238 g/mol. The normalized spacial score (nSPS) is 28.0. The highest BCUT2D eigenvalue weighted by Gasteiger charge is 2.35. The van der Waals surface area contributed by atoms with Crippen LogP contribution in [0.4, 0.5) is 5.82 Å². The number of nitrogen functional groups attached to an aromatic ring is 1. The molecule has 4 N–H and O–H groups in total. The number of aliphatic hydroxyl groups excluding tert-OH is 2. The average molecular weight is 251 g/mol. The Balaban J connectivity index is 1.99. The van der Waals surface area contributed by atoms with Gasteiger partial charge in [-0.05, 0) is 0 Å². The van der Waals surface area contributed by atoms with Crippen LogP contribution in [0.5, 0.6) is 0 Å². The first-order valence-corrected chi connectivity index (χ1v) is 5.58. The molecule has 3 rings (SSSR count). The second-order valence-electron chi connectivity index (χ2n) is 4.20. The number of hydrogen-bond acceptors (Lipinski definition) is 7. The van der Waals surface area contributed by atoms with Gasteiger partial charge in [0.25, 0.3) is 0 Å². The molecule has 0 radical (unpaired) electrons. The van der Waals surface area contributed by atoms with Crippen molar-refractivity contribution >= 4 is 17.0 Å². The number of aliphatic hydroxyl groups is 2. The monoisotopic (exact) mass is 251 g/mol. The molecule has 0 aliphatic carbocycles. The van der Waals surface area contributed by atoms with Gasteiger partial charge in [-0.3, -0.25) is 4.57 Å². The fourth-order valence-corrected chi connectivity index (χ4v) is 2.13. The number of imidazole rings is 1. The number of rotatable bonds is 2. The smallest absolute Gasteiger partial charge is 0.167 e. The average Bonchev–Trinajstić information content (AvgIpc) is 2.93. The van der Waals surface area contributed by atoms with E-state index in [9.17, 15) is 5.11 Å². The highest BCUT2D eigenvalue weighted by Crippen LogP contribution is 2.30. The van der Waals surface area contributed by atoms with E-state index in [2.05, 4.69) is 15.0 Å². The lowest BCUT2D eigenvalue weighted by molar-refractivity contribution is -0.0432. The predicted molar refractivity (Wildman–Crippen MR) is 61.4 cm³/mol. The lowest BCUT2D eigenvalue weighted by Gasteiger charge is -2.13. The lowest BCUT2D eigenvalue weighted by atomic mass is 10.2. The van der Waals surface area contributed by atoms with Crippen molar-refractivity contribution < 1.29 is 14.9 Å². The molecule has 2 aromatic rings. The number of anilines is 1. The molecule has 0 aromatic carbocycles. The molecule has 1 unspecified atom stereocenters. The van der Waals surface area contributed by atoms with E-state index in [1.165, 1.54) is 6.33 Å². The lowest BCUT2D eigenvalue weighted by Crippen LogP contribution is -2.24. The molecule has 8 heteroatoms. The SMILES string of the molecule is Nc1ncnc2c1ncn2C1C[C@H](O)[C@@H](CO)O1. The van der Waals surface area contributed by atoms with Gasteiger partial charge in [0, 0.05) is 6.42 Å².